The Bertz CT molecular complexity index is 1130. The van der Waals surface area contributed by atoms with E-state index in [1.54, 1.807) is 11.4 Å². The summed E-state index contributed by atoms with van der Waals surface area (Å²) in [5, 5.41) is 4.53. The summed E-state index contributed by atoms with van der Waals surface area (Å²) in [6.07, 6.45) is 0. The zero-order valence-corrected chi connectivity index (χ0v) is 18.6. The molecule has 1 atom stereocenters. The number of halogens is 1. The second-order valence-corrected chi connectivity index (χ2v) is 10.1. The zero-order chi connectivity index (χ0) is 21.9. The van der Waals surface area contributed by atoms with E-state index in [1.807, 2.05) is 39.0 Å². The van der Waals surface area contributed by atoms with Crippen LogP contribution in [0.25, 0.3) is 0 Å². The van der Waals surface area contributed by atoms with Crippen LogP contribution in [0, 0.1) is 19.7 Å². The summed E-state index contributed by atoms with van der Waals surface area (Å²) in [6.45, 7) is 5.38. The molecule has 30 heavy (non-hydrogen) atoms. The van der Waals surface area contributed by atoms with Gasteiger partial charge in [0.05, 0.1) is 11.7 Å². The van der Waals surface area contributed by atoms with Crippen molar-refractivity contribution in [2.45, 2.75) is 31.0 Å². The number of nitrogens with zero attached hydrogens (tertiary/aromatic N) is 1. The first kappa shape index (κ1) is 22.0. The van der Waals surface area contributed by atoms with Crippen molar-refractivity contribution in [2.75, 3.05) is 10.8 Å². The maximum atomic E-state index is 13.4. The minimum absolute atomic E-state index is 0.113. The molecule has 0 saturated carbocycles. The molecule has 8 heteroatoms. The van der Waals surface area contributed by atoms with Gasteiger partial charge in [0, 0.05) is 0 Å². The Morgan fingerprint density at radius 2 is 1.83 bits per heavy atom. The van der Waals surface area contributed by atoms with Crippen LogP contribution in [-0.4, -0.2) is 20.9 Å². The maximum Gasteiger partial charge on any atom is 0.274 e. The summed E-state index contributed by atoms with van der Waals surface area (Å²) in [7, 11) is -3.97. The molecule has 5 nitrogen and oxygen atoms in total. The Hall–Kier alpha value is -2.71. The van der Waals surface area contributed by atoms with Crippen molar-refractivity contribution >= 4 is 33.0 Å². The molecule has 0 aliphatic heterocycles. The van der Waals surface area contributed by atoms with Crippen LogP contribution in [0.1, 0.15) is 29.7 Å². The lowest BCUT2D eigenvalue weighted by Gasteiger charge is -2.25. The molecule has 1 aromatic heterocycles. The number of rotatable bonds is 7. The number of nitrogens with one attached hydrogen (secondary N) is 1. The van der Waals surface area contributed by atoms with Crippen molar-refractivity contribution in [1.82, 2.24) is 5.32 Å². The lowest BCUT2D eigenvalue weighted by Crippen LogP contribution is -2.41. The number of carbonyl (C=O) groups is 1. The molecule has 0 spiro atoms. The highest BCUT2D eigenvalue weighted by molar-refractivity contribution is 7.94. The monoisotopic (exact) mass is 446 g/mol. The first-order valence-electron chi connectivity index (χ1n) is 9.37. The second-order valence-electron chi connectivity index (χ2n) is 7.07. The highest BCUT2D eigenvalue weighted by atomic mass is 32.2. The number of thiophene rings is 1. The molecule has 1 heterocycles. The number of sulfonamides is 1. The van der Waals surface area contributed by atoms with Crippen LogP contribution < -0.4 is 9.62 Å². The summed E-state index contributed by atoms with van der Waals surface area (Å²) in [4.78, 5) is 12.8. The van der Waals surface area contributed by atoms with Crippen LogP contribution in [0.15, 0.2) is 64.2 Å². The minimum atomic E-state index is -3.97. The van der Waals surface area contributed by atoms with Crippen LogP contribution in [0.5, 0.6) is 0 Å². The third-order valence-electron chi connectivity index (χ3n) is 4.72. The number of carbonyl (C=O) groups excluding carboxylic acids is 1. The van der Waals surface area contributed by atoms with Crippen LogP contribution >= 0.6 is 11.3 Å². The molecule has 0 aliphatic rings. The average molecular weight is 447 g/mol. The van der Waals surface area contributed by atoms with Crippen molar-refractivity contribution in [3.05, 3.63) is 82.5 Å². The first-order chi connectivity index (χ1) is 14.2. The van der Waals surface area contributed by atoms with Gasteiger partial charge in [-0.1, -0.05) is 29.8 Å². The van der Waals surface area contributed by atoms with Crippen molar-refractivity contribution < 1.29 is 17.6 Å². The molecule has 0 bridgehead atoms. The Balaban J connectivity index is 1.86. The number of benzene rings is 2. The number of amides is 1. The van der Waals surface area contributed by atoms with E-state index in [0.29, 0.717) is 0 Å². The topological polar surface area (TPSA) is 66.5 Å². The van der Waals surface area contributed by atoms with Crippen molar-refractivity contribution in [3.8, 4) is 0 Å². The smallest absolute Gasteiger partial charge is 0.274 e. The maximum absolute atomic E-state index is 13.4. The van der Waals surface area contributed by atoms with Gasteiger partial charge in [-0.25, -0.2) is 12.8 Å². The van der Waals surface area contributed by atoms with E-state index >= 15 is 0 Å². The summed E-state index contributed by atoms with van der Waals surface area (Å²) in [5.74, 6) is -0.937. The van der Waals surface area contributed by atoms with Gasteiger partial charge in [-0.3, -0.25) is 9.10 Å². The van der Waals surface area contributed by atoms with Gasteiger partial charge in [0.15, 0.2) is 0 Å². The highest BCUT2D eigenvalue weighted by Crippen LogP contribution is 2.27. The number of anilines is 1. The zero-order valence-electron chi connectivity index (χ0n) is 16.9. The molecule has 0 saturated heterocycles. The van der Waals surface area contributed by atoms with Gasteiger partial charge in [-0.15, -0.1) is 11.3 Å². The lowest BCUT2D eigenvalue weighted by atomic mass is 10.00. The fourth-order valence-corrected chi connectivity index (χ4v) is 5.69. The molecule has 1 unspecified atom stereocenters. The third-order valence-corrected chi connectivity index (χ3v) is 7.87. The third kappa shape index (κ3) is 4.88. The van der Waals surface area contributed by atoms with Gasteiger partial charge in [-0.05, 0) is 67.6 Å². The highest BCUT2D eigenvalue weighted by Gasteiger charge is 2.28. The molecule has 3 aromatic rings. The van der Waals surface area contributed by atoms with E-state index in [0.717, 1.165) is 32.3 Å². The molecule has 0 radical (unpaired) electrons. The Kier molecular flexibility index (Phi) is 6.58. The van der Waals surface area contributed by atoms with Crippen LogP contribution in [-0.2, 0) is 14.8 Å². The van der Waals surface area contributed by atoms with Crippen molar-refractivity contribution in [2.24, 2.45) is 0 Å². The van der Waals surface area contributed by atoms with E-state index in [2.05, 4.69) is 5.32 Å². The van der Waals surface area contributed by atoms with Gasteiger partial charge in [0.2, 0.25) is 5.91 Å². The Morgan fingerprint density at radius 1 is 1.13 bits per heavy atom. The predicted octanol–water partition coefficient (Wildman–Crippen LogP) is 4.58. The predicted molar refractivity (Wildman–Crippen MR) is 118 cm³/mol. The van der Waals surface area contributed by atoms with E-state index in [-0.39, 0.29) is 15.9 Å². The molecule has 3 rings (SSSR count). The quantitative estimate of drug-likeness (QED) is 0.578. The molecular formula is C22H23FN2O3S2. The van der Waals surface area contributed by atoms with Gasteiger partial charge in [0.25, 0.3) is 10.0 Å². The number of aryl methyl sites for hydroxylation is 2. The van der Waals surface area contributed by atoms with E-state index < -0.39 is 28.3 Å². The van der Waals surface area contributed by atoms with Crippen LogP contribution in [0.4, 0.5) is 10.1 Å². The van der Waals surface area contributed by atoms with Gasteiger partial charge in [0.1, 0.15) is 16.6 Å². The standard InChI is InChI=1S/C22H23FN2O3S2/c1-15-6-7-16(2)20(13-15)17(3)24-21(26)14-25(19-10-8-18(23)9-11-19)30(27,28)22-5-4-12-29-22/h4-13,17H,14H2,1-3H3,(H,24,26). The van der Waals surface area contributed by atoms with Crippen LogP contribution in [0.2, 0.25) is 0 Å². The SMILES string of the molecule is Cc1ccc(C)c(C(C)NC(=O)CN(c2ccc(F)cc2)S(=O)(=O)c2cccs2)c1. The lowest BCUT2D eigenvalue weighted by molar-refractivity contribution is -0.120. The van der Waals surface area contributed by atoms with Gasteiger partial charge < -0.3 is 5.32 Å². The largest absolute Gasteiger partial charge is 0.348 e. The summed E-state index contributed by atoms with van der Waals surface area (Å²) >= 11 is 1.06. The first-order valence-corrected chi connectivity index (χ1v) is 11.7. The molecule has 0 fully saturated rings. The van der Waals surface area contributed by atoms with Crippen molar-refractivity contribution in [1.29, 1.82) is 0 Å². The Labute approximate surface area is 180 Å². The molecule has 158 valence electrons. The summed E-state index contributed by atoms with van der Waals surface area (Å²) in [5.41, 5.74) is 3.30. The Morgan fingerprint density at radius 3 is 2.47 bits per heavy atom. The second kappa shape index (κ2) is 8.97. The average Bonchev–Trinajstić information content (AvgIpc) is 3.24. The fraction of sp³-hybridized carbons (Fsp3) is 0.227. The number of hydrogen-bond donors (Lipinski definition) is 1. The van der Waals surface area contributed by atoms with Crippen LogP contribution in [0.3, 0.4) is 0 Å². The number of hydrogen-bond acceptors (Lipinski definition) is 4. The summed E-state index contributed by atoms with van der Waals surface area (Å²) in [6, 6.07) is 13.8. The van der Waals surface area contributed by atoms with E-state index in [1.165, 1.54) is 30.3 Å². The normalized spacial score (nSPS) is 12.4. The molecule has 1 N–H and O–H groups in total. The minimum Gasteiger partial charge on any atom is -0.348 e. The molecule has 1 amide bonds. The molecule has 0 aliphatic carbocycles. The van der Waals surface area contributed by atoms with E-state index in [4.69, 9.17) is 0 Å². The van der Waals surface area contributed by atoms with Gasteiger partial charge in [-0.2, -0.15) is 0 Å². The van der Waals surface area contributed by atoms with Crippen molar-refractivity contribution in [3.63, 3.8) is 0 Å². The molecular weight excluding hydrogens is 423 g/mol. The molecule has 2 aromatic carbocycles. The van der Waals surface area contributed by atoms with E-state index in [9.17, 15) is 17.6 Å². The fourth-order valence-electron chi connectivity index (χ4n) is 3.16. The summed E-state index contributed by atoms with van der Waals surface area (Å²) < 4.78 is 40.7. The van der Waals surface area contributed by atoms with Gasteiger partial charge >= 0.3 is 0 Å².